The van der Waals surface area contributed by atoms with Crippen LogP contribution in [0.5, 0.6) is 0 Å². The predicted molar refractivity (Wildman–Crippen MR) is 114 cm³/mol. The number of pyridine rings is 1. The van der Waals surface area contributed by atoms with Crippen LogP contribution in [-0.2, 0) is 23.0 Å². The number of rotatable bonds is 7. The summed E-state index contributed by atoms with van der Waals surface area (Å²) < 4.78 is 7.23. The molecule has 2 aromatic heterocycles. The van der Waals surface area contributed by atoms with Crippen molar-refractivity contribution < 1.29 is 9.53 Å². The Labute approximate surface area is 171 Å². The number of hydrogen-bond donors (Lipinski definition) is 0. The summed E-state index contributed by atoms with van der Waals surface area (Å²) in [6, 6.07) is 8.38. The SMILES string of the molecule is COCCN1CCC(C(=O)Cc2cc3cc(-c4cnc(C)n4C)ccc3cn2)C1. The van der Waals surface area contributed by atoms with E-state index in [1.807, 2.05) is 26.4 Å². The third-order valence-electron chi connectivity index (χ3n) is 5.99. The van der Waals surface area contributed by atoms with Crippen molar-refractivity contribution in [2.24, 2.45) is 13.0 Å². The second-order valence-corrected chi connectivity index (χ2v) is 7.91. The molecule has 3 aromatic rings. The molecule has 3 heterocycles. The Morgan fingerprint density at radius 3 is 2.83 bits per heavy atom. The number of aryl methyl sites for hydroxylation is 1. The van der Waals surface area contributed by atoms with E-state index in [1.54, 1.807) is 7.11 Å². The van der Waals surface area contributed by atoms with Gasteiger partial charge in [-0.3, -0.25) is 9.78 Å². The van der Waals surface area contributed by atoms with Crippen molar-refractivity contribution in [2.45, 2.75) is 19.8 Å². The Bertz CT molecular complexity index is 1030. The monoisotopic (exact) mass is 392 g/mol. The van der Waals surface area contributed by atoms with E-state index in [4.69, 9.17) is 4.74 Å². The van der Waals surface area contributed by atoms with Crippen molar-refractivity contribution in [3.63, 3.8) is 0 Å². The topological polar surface area (TPSA) is 60.2 Å². The minimum Gasteiger partial charge on any atom is -0.383 e. The Morgan fingerprint density at radius 2 is 2.07 bits per heavy atom. The molecule has 1 atom stereocenters. The average Bonchev–Trinajstić information content (AvgIpc) is 3.33. The second-order valence-electron chi connectivity index (χ2n) is 7.91. The van der Waals surface area contributed by atoms with Gasteiger partial charge in [0.15, 0.2) is 0 Å². The zero-order valence-corrected chi connectivity index (χ0v) is 17.4. The maximum Gasteiger partial charge on any atom is 0.143 e. The van der Waals surface area contributed by atoms with Crippen molar-refractivity contribution >= 4 is 16.6 Å². The first-order valence-electron chi connectivity index (χ1n) is 10.2. The van der Waals surface area contributed by atoms with Crippen LogP contribution in [0.3, 0.4) is 0 Å². The summed E-state index contributed by atoms with van der Waals surface area (Å²) in [6.45, 7) is 5.41. The molecular formula is C23H28N4O2. The maximum atomic E-state index is 12.8. The fourth-order valence-corrected chi connectivity index (χ4v) is 4.05. The lowest BCUT2D eigenvalue weighted by Crippen LogP contribution is -2.27. The highest BCUT2D eigenvalue weighted by atomic mass is 16.5. The van der Waals surface area contributed by atoms with E-state index in [-0.39, 0.29) is 11.7 Å². The molecule has 1 aliphatic rings. The molecule has 0 saturated carbocycles. The minimum atomic E-state index is 0.105. The summed E-state index contributed by atoms with van der Waals surface area (Å²) in [4.78, 5) is 24.0. The van der Waals surface area contributed by atoms with E-state index in [2.05, 4.69) is 43.7 Å². The number of benzene rings is 1. The number of fused-ring (bicyclic) bond motifs is 1. The van der Waals surface area contributed by atoms with E-state index in [9.17, 15) is 4.79 Å². The predicted octanol–water partition coefficient (Wildman–Crippen LogP) is 3.02. The molecule has 6 heteroatoms. The van der Waals surface area contributed by atoms with Crippen LogP contribution in [0, 0.1) is 12.8 Å². The standard InChI is InChI=1S/C23H28N4O2/c1-16-24-14-22(26(16)2)17-4-5-18-13-25-21(11-20(18)10-17)12-23(28)19-6-7-27(15-19)8-9-29-3/h4-5,10-11,13-14,19H,6-9,12,15H2,1-3H3. The van der Waals surface area contributed by atoms with Gasteiger partial charge in [-0.25, -0.2) is 4.98 Å². The summed E-state index contributed by atoms with van der Waals surface area (Å²) in [7, 11) is 3.74. The van der Waals surface area contributed by atoms with Crippen LogP contribution >= 0.6 is 0 Å². The van der Waals surface area contributed by atoms with Gasteiger partial charge >= 0.3 is 0 Å². The lowest BCUT2D eigenvalue weighted by atomic mass is 9.98. The molecule has 0 radical (unpaired) electrons. The van der Waals surface area contributed by atoms with Crippen molar-refractivity contribution in [1.82, 2.24) is 19.4 Å². The molecule has 1 aliphatic heterocycles. The van der Waals surface area contributed by atoms with Gasteiger partial charge in [0, 0.05) is 62.4 Å². The molecule has 1 aromatic carbocycles. The fourth-order valence-electron chi connectivity index (χ4n) is 4.05. The Hall–Kier alpha value is -2.57. The zero-order chi connectivity index (χ0) is 20.4. The van der Waals surface area contributed by atoms with Gasteiger partial charge in [-0.15, -0.1) is 0 Å². The van der Waals surface area contributed by atoms with Gasteiger partial charge in [0.1, 0.15) is 11.6 Å². The highest BCUT2D eigenvalue weighted by Crippen LogP contribution is 2.25. The number of ether oxygens (including phenoxy) is 1. The molecule has 1 unspecified atom stereocenters. The summed E-state index contributed by atoms with van der Waals surface area (Å²) in [5.41, 5.74) is 3.05. The van der Waals surface area contributed by atoms with Gasteiger partial charge < -0.3 is 14.2 Å². The number of nitrogens with zero attached hydrogens (tertiary/aromatic N) is 4. The van der Waals surface area contributed by atoms with Gasteiger partial charge in [0.05, 0.1) is 18.5 Å². The van der Waals surface area contributed by atoms with Crippen LogP contribution in [0.4, 0.5) is 0 Å². The first-order valence-corrected chi connectivity index (χ1v) is 10.2. The van der Waals surface area contributed by atoms with Gasteiger partial charge in [0.25, 0.3) is 0 Å². The lowest BCUT2D eigenvalue weighted by Gasteiger charge is -2.14. The highest BCUT2D eigenvalue weighted by molar-refractivity contribution is 5.88. The van der Waals surface area contributed by atoms with Crippen LogP contribution in [0.25, 0.3) is 22.0 Å². The number of Topliss-reactive ketones (excluding diaryl/α,β-unsaturated/α-hetero) is 1. The number of imidazole rings is 1. The van der Waals surface area contributed by atoms with Crippen molar-refractivity contribution in [3.05, 3.63) is 48.2 Å². The van der Waals surface area contributed by atoms with Gasteiger partial charge in [-0.1, -0.05) is 12.1 Å². The minimum absolute atomic E-state index is 0.105. The first-order chi connectivity index (χ1) is 14.0. The average molecular weight is 393 g/mol. The molecule has 1 fully saturated rings. The fraction of sp³-hybridized carbons (Fsp3) is 0.435. The molecule has 0 aliphatic carbocycles. The smallest absolute Gasteiger partial charge is 0.143 e. The number of carbonyl (C=O) groups excluding carboxylic acids is 1. The van der Waals surface area contributed by atoms with Crippen LogP contribution in [0.1, 0.15) is 17.9 Å². The molecule has 6 nitrogen and oxygen atoms in total. The zero-order valence-electron chi connectivity index (χ0n) is 17.4. The molecule has 0 amide bonds. The van der Waals surface area contributed by atoms with Crippen LogP contribution in [-0.4, -0.2) is 58.6 Å². The second kappa shape index (κ2) is 8.43. The first kappa shape index (κ1) is 19.7. The highest BCUT2D eigenvalue weighted by Gasteiger charge is 2.28. The molecule has 1 saturated heterocycles. The number of ketones is 1. The molecule has 4 rings (SSSR count). The molecule has 0 spiro atoms. The number of carbonyl (C=O) groups is 1. The Balaban J connectivity index is 1.50. The summed E-state index contributed by atoms with van der Waals surface area (Å²) >= 11 is 0. The molecule has 152 valence electrons. The molecular weight excluding hydrogens is 364 g/mol. The van der Waals surface area contributed by atoms with Crippen LogP contribution < -0.4 is 0 Å². The third-order valence-corrected chi connectivity index (χ3v) is 5.99. The quantitative estimate of drug-likeness (QED) is 0.619. The van der Waals surface area contributed by atoms with Crippen LogP contribution in [0.15, 0.2) is 36.7 Å². The summed E-state index contributed by atoms with van der Waals surface area (Å²) in [5.74, 6) is 1.38. The largest absolute Gasteiger partial charge is 0.383 e. The van der Waals surface area contributed by atoms with Gasteiger partial charge in [-0.2, -0.15) is 0 Å². The third kappa shape index (κ3) is 4.23. The van der Waals surface area contributed by atoms with Crippen molar-refractivity contribution in [1.29, 1.82) is 0 Å². The van der Waals surface area contributed by atoms with Gasteiger partial charge in [0.2, 0.25) is 0 Å². The van der Waals surface area contributed by atoms with E-state index in [0.717, 1.165) is 59.6 Å². The normalized spacial score (nSPS) is 17.3. The number of aromatic nitrogens is 3. The Morgan fingerprint density at radius 1 is 1.21 bits per heavy atom. The number of likely N-dealkylation sites (tertiary alicyclic amines) is 1. The van der Waals surface area contributed by atoms with E-state index >= 15 is 0 Å². The van der Waals surface area contributed by atoms with Crippen molar-refractivity contribution in [3.8, 4) is 11.3 Å². The van der Waals surface area contributed by atoms with Gasteiger partial charge in [-0.05, 0) is 37.4 Å². The summed E-state index contributed by atoms with van der Waals surface area (Å²) in [6.07, 6.45) is 5.10. The molecule has 0 bridgehead atoms. The number of methoxy groups -OCH3 is 1. The molecule has 29 heavy (non-hydrogen) atoms. The molecule has 0 N–H and O–H groups in total. The van der Waals surface area contributed by atoms with Crippen molar-refractivity contribution in [2.75, 3.05) is 33.4 Å². The van der Waals surface area contributed by atoms with E-state index < -0.39 is 0 Å². The van der Waals surface area contributed by atoms with E-state index in [0.29, 0.717) is 13.0 Å². The maximum absolute atomic E-state index is 12.8. The van der Waals surface area contributed by atoms with Crippen LogP contribution in [0.2, 0.25) is 0 Å². The van der Waals surface area contributed by atoms with E-state index in [1.165, 1.54) is 0 Å². The lowest BCUT2D eigenvalue weighted by molar-refractivity contribution is -0.121. The number of hydrogen-bond acceptors (Lipinski definition) is 5. The Kier molecular flexibility index (Phi) is 5.74. The summed E-state index contributed by atoms with van der Waals surface area (Å²) in [5, 5.41) is 2.18.